The molecule has 1 unspecified atom stereocenters. The van der Waals surface area contributed by atoms with Crippen LogP contribution in [0.1, 0.15) is 62.7 Å². The van der Waals surface area contributed by atoms with Crippen LogP contribution < -0.4 is 5.32 Å². The van der Waals surface area contributed by atoms with E-state index in [0.717, 1.165) is 40.4 Å². The minimum absolute atomic E-state index is 0.244. The predicted molar refractivity (Wildman–Crippen MR) is 127 cm³/mol. The van der Waals surface area contributed by atoms with Crippen LogP contribution in [0.4, 0.5) is 0 Å². The summed E-state index contributed by atoms with van der Waals surface area (Å²) in [6, 6.07) is 9.25. The van der Waals surface area contributed by atoms with E-state index in [-0.39, 0.29) is 11.9 Å². The van der Waals surface area contributed by atoms with E-state index in [2.05, 4.69) is 10.3 Å². The lowest BCUT2D eigenvalue weighted by Gasteiger charge is -2.30. The molecule has 5 rings (SSSR count). The Morgan fingerprint density at radius 1 is 1.21 bits per heavy atom. The summed E-state index contributed by atoms with van der Waals surface area (Å²) in [5, 5.41) is 4.83. The van der Waals surface area contributed by atoms with Gasteiger partial charge in [-0.3, -0.25) is 4.79 Å². The largest absolute Gasteiger partial charge is 0.465 e. The molecule has 172 valence electrons. The minimum atomic E-state index is -0.694. The number of carbonyl (C=O) groups is 2. The Morgan fingerprint density at radius 3 is 2.67 bits per heavy atom. The molecule has 1 atom stereocenters. The fourth-order valence-corrected chi connectivity index (χ4v) is 5.20. The Bertz CT molecular complexity index is 1270. The molecular formula is C25H24Cl2N2O4. The topological polar surface area (TPSA) is 80.4 Å². The van der Waals surface area contributed by atoms with Gasteiger partial charge in [0.05, 0.1) is 34.9 Å². The molecule has 2 N–H and O–H groups in total. The average molecular weight is 487 g/mol. The molecule has 33 heavy (non-hydrogen) atoms. The van der Waals surface area contributed by atoms with E-state index in [4.69, 9.17) is 32.7 Å². The zero-order valence-corrected chi connectivity index (χ0v) is 19.9. The second-order valence-corrected chi connectivity index (χ2v) is 9.60. The first kappa shape index (κ1) is 22.3. The van der Waals surface area contributed by atoms with Crippen molar-refractivity contribution in [3.8, 4) is 0 Å². The van der Waals surface area contributed by atoms with Gasteiger partial charge in [0, 0.05) is 23.9 Å². The summed E-state index contributed by atoms with van der Waals surface area (Å²) in [7, 11) is 1.39. The number of H-pyrrole nitrogens is 1. The van der Waals surface area contributed by atoms with Crippen LogP contribution in [0.3, 0.4) is 0 Å². The average Bonchev–Trinajstić information content (AvgIpc) is 3.46. The number of ether oxygens (including phenoxy) is 2. The van der Waals surface area contributed by atoms with Gasteiger partial charge in [-0.25, -0.2) is 4.79 Å². The predicted octanol–water partition coefficient (Wildman–Crippen LogP) is 5.49. The van der Waals surface area contributed by atoms with Gasteiger partial charge in [0.1, 0.15) is 5.69 Å². The molecule has 1 saturated carbocycles. The third-order valence-corrected chi connectivity index (χ3v) is 7.54. The van der Waals surface area contributed by atoms with Crippen molar-refractivity contribution in [1.82, 2.24) is 10.3 Å². The number of amides is 1. The van der Waals surface area contributed by atoms with E-state index in [1.807, 2.05) is 25.1 Å². The van der Waals surface area contributed by atoms with E-state index in [9.17, 15) is 9.59 Å². The zero-order valence-electron chi connectivity index (χ0n) is 18.4. The fourth-order valence-electron chi connectivity index (χ4n) is 4.73. The Kier molecular flexibility index (Phi) is 5.63. The summed E-state index contributed by atoms with van der Waals surface area (Å²) in [5.74, 6) is -0.239. The van der Waals surface area contributed by atoms with Gasteiger partial charge in [0.2, 0.25) is 0 Å². The Labute approximate surface area is 201 Å². The summed E-state index contributed by atoms with van der Waals surface area (Å²) in [6.07, 6.45) is 2.72. The molecular weight excluding hydrogens is 463 g/mol. The summed E-state index contributed by atoms with van der Waals surface area (Å²) >= 11 is 12.6. The van der Waals surface area contributed by atoms with Crippen LogP contribution in [0.15, 0.2) is 30.3 Å². The summed E-state index contributed by atoms with van der Waals surface area (Å²) < 4.78 is 10.7. The van der Waals surface area contributed by atoms with Gasteiger partial charge in [-0.15, -0.1) is 0 Å². The molecule has 1 amide bonds. The van der Waals surface area contributed by atoms with Crippen LogP contribution in [-0.4, -0.2) is 37.2 Å². The van der Waals surface area contributed by atoms with Crippen LogP contribution in [0.2, 0.25) is 10.0 Å². The number of carbonyl (C=O) groups excluding carboxylic acids is 2. The highest BCUT2D eigenvalue weighted by Gasteiger charge is 2.40. The number of esters is 1. The minimum Gasteiger partial charge on any atom is -0.465 e. The number of hydrogen-bond donors (Lipinski definition) is 2. The molecule has 2 fully saturated rings. The van der Waals surface area contributed by atoms with Crippen LogP contribution >= 0.6 is 23.2 Å². The summed E-state index contributed by atoms with van der Waals surface area (Å²) in [6.45, 7) is 2.74. The monoisotopic (exact) mass is 486 g/mol. The first-order valence-corrected chi connectivity index (χ1v) is 11.7. The van der Waals surface area contributed by atoms with Crippen LogP contribution in [0.25, 0.3) is 10.9 Å². The first-order valence-electron chi connectivity index (χ1n) is 10.9. The fraction of sp³-hybridized carbons (Fsp3) is 0.360. The number of aryl methyl sites for hydroxylation is 1. The number of hydrogen-bond acceptors (Lipinski definition) is 4. The molecule has 2 aromatic carbocycles. The smallest absolute Gasteiger partial charge is 0.338 e. The highest BCUT2D eigenvalue weighted by atomic mass is 35.5. The molecule has 3 aromatic rings. The van der Waals surface area contributed by atoms with Crippen molar-refractivity contribution in [3.05, 3.63) is 68.3 Å². The van der Waals surface area contributed by atoms with Gasteiger partial charge in [-0.1, -0.05) is 35.3 Å². The van der Waals surface area contributed by atoms with Gasteiger partial charge in [-0.05, 0) is 60.6 Å². The maximum atomic E-state index is 13.5. The molecule has 1 saturated heterocycles. The lowest BCUT2D eigenvalue weighted by molar-refractivity contribution is 0.0599. The SMILES string of the molecule is COC(=O)c1ccc(C2(NC(=O)c3[nH]c4ccc(Cl)c(Cl)c4c3C)CCOC2)cc1C1CC1. The van der Waals surface area contributed by atoms with Crippen molar-refractivity contribution in [3.63, 3.8) is 0 Å². The molecule has 6 nitrogen and oxygen atoms in total. The second-order valence-electron chi connectivity index (χ2n) is 8.82. The Hall–Kier alpha value is -2.54. The number of methoxy groups -OCH3 is 1. The standard InChI is InChI=1S/C25H24Cl2N2O4/c1-13-20-19(8-7-18(26)21(20)27)28-22(13)23(30)29-25(9-10-33-12-25)15-5-6-16(24(31)32-2)17(11-15)14-3-4-14/h5-8,11,14,28H,3-4,9-10,12H2,1-2H3,(H,29,30). The lowest BCUT2D eigenvalue weighted by Crippen LogP contribution is -2.46. The van der Waals surface area contributed by atoms with E-state index < -0.39 is 5.54 Å². The van der Waals surface area contributed by atoms with E-state index in [1.165, 1.54) is 7.11 Å². The van der Waals surface area contributed by atoms with E-state index >= 15 is 0 Å². The maximum absolute atomic E-state index is 13.5. The van der Waals surface area contributed by atoms with Crippen molar-refractivity contribution in [2.75, 3.05) is 20.3 Å². The van der Waals surface area contributed by atoms with Crippen LogP contribution in [0, 0.1) is 6.92 Å². The molecule has 1 aliphatic carbocycles. The molecule has 0 spiro atoms. The molecule has 8 heteroatoms. The number of fused-ring (bicyclic) bond motifs is 1. The Balaban J connectivity index is 1.52. The highest BCUT2D eigenvalue weighted by molar-refractivity contribution is 6.45. The quantitative estimate of drug-likeness (QED) is 0.467. The number of rotatable bonds is 5. The molecule has 2 heterocycles. The molecule has 0 radical (unpaired) electrons. The lowest BCUT2D eigenvalue weighted by atomic mass is 9.85. The second kappa shape index (κ2) is 8.35. The summed E-state index contributed by atoms with van der Waals surface area (Å²) in [4.78, 5) is 28.9. The molecule has 2 aliphatic rings. The third kappa shape index (κ3) is 3.80. The van der Waals surface area contributed by atoms with Crippen molar-refractivity contribution in [2.45, 2.75) is 37.6 Å². The molecule has 1 aliphatic heterocycles. The highest BCUT2D eigenvalue weighted by Crippen LogP contribution is 2.44. The van der Waals surface area contributed by atoms with E-state index in [1.54, 1.807) is 12.1 Å². The third-order valence-electron chi connectivity index (χ3n) is 6.73. The van der Waals surface area contributed by atoms with Crippen molar-refractivity contribution in [1.29, 1.82) is 0 Å². The number of halogens is 2. The first-order chi connectivity index (χ1) is 15.8. The van der Waals surface area contributed by atoms with Crippen molar-refractivity contribution in [2.24, 2.45) is 0 Å². The van der Waals surface area contributed by atoms with Gasteiger partial charge < -0.3 is 19.8 Å². The summed E-state index contributed by atoms with van der Waals surface area (Å²) in [5.41, 5.74) is 3.73. The number of benzene rings is 2. The van der Waals surface area contributed by atoms with Crippen molar-refractivity contribution >= 4 is 46.0 Å². The van der Waals surface area contributed by atoms with Crippen molar-refractivity contribution < 1.29 is 19.1 Å². The van der Waals surface area contributed by atoms with Crippen LogP contribution in [0.5, 0.6) is 0 Å². The number of nitrogens with one attached hydrogen (secondary N) is 2. The zero-order chi connectivity index (χ0) is 23.3. The normalized spacial score (nSPS) is 20.2. The number of aromatic amines is 1. The van der Waals surface area contributed by atoms with Crippen LogP contribution in [-0.2, 0) is 15.0 Å². The van der Waals surface area contributed by atoms with Gasteiger partial charge in [0.25, 0.3) is 5.91 Å². The maximum Gasteiger partial charge on any atom is 0.338 e. The molecule has 1 aromatic heterocycles. The van der Waals surface area contributed by atoms with Gasteiger partial charge in [0.15, 0.2) is 0 Å². The van der Waals surface area contributed by atoms with Gasteiger partial charge >= 0.3 is 5.97 Å². The van der Waals surface area contributed by atoms with E-state index in [0.29, 0.717) is 46.9 Å². The number of aromatic nitrogens is 1. The van der Waals surface area contributed by atoms with Gasteiger partial charge in [-0.2, -0.15) is 0 Å². The molecule has 0 bridgehead atoms. The Morgan fingerprint density at radius 2 is 2.00 bits per heavy atom.